The molecular formula is C16H25N3O4S. The smallest absolute Gasteiger partial charge is 0.317 e. The summed E-state index contributed by atoms with van der Waals surface area (Å²) in [6, 6.07) is 4.74. The summed E-state index contributed by atoms with van der Waals surface area (Å²) in [5.41, 5.74) is 0.772. The van der Waals surface area contributed by atoms with Crippen molar-refractivity contribution >= 4 is 16.1 Å². The van der Waals surface area contributed by atoms with Crippen molar-refractivity contribution in [2.24, 2.45) is 0 Å². The number of sulfonamides is 1. The van der Waals surface area contributed by atoms with Gasteiger partial charge in [-0.1, -0.05) is 0 Å². The average Bonchev–Trinajstić information content (AvgIpc) is 2.54. The number of carbonyl (C=O) groups excluding carboxylic acids is 1. The van der Waals surface area contributed by atoms with Gasteiger partial charge in [-0.3, -0.25) is 0 Å². The number of aryl methyl sites for hydroxylation is 1. The Bertz CT molecular complexity index is 695. The number of hydrogen-bond acceptors (Lipinski definition) is 4. The SMILES string of the molecule is COc1ccc(S(=O)(=O)N2CCN(C(=O)NC(C)C)CC2)cc1C. The number of benzene rings is 1. The van der Waals surface area contributed by atoms with Crippen LogP contribution in [0.4, 0.5) is 4.79 Å². The maximum Gasteiger partial charge on any atom is 0.317 e. The fourth-order valence-corrected chi connectivity index (χ4v) is 4.14. The fraction of sp³-hybridized carbons (Fsp3) is 0.562. The molecule has 1 aliphatic rings. The van der Waals surface area contributed by atoms with E-state index in [1.165, 1.54) is 4.31 Å². The second kappa shape index (κ2) is 7.40. The van der Waals surface area contributed by atoms with Gasteiger partial charge in [0.1, 0.15) is 5.75 Å². The number of methoxy groups -OCH3 is 1. The number of carbonyl (C=O) groups is 1. The maximum absolute atomic E-state index is 12.8. The molecule has 2 rings (SSSR count). The molecule has 1 heterocycles. The molecule has 0 saturated carbocycles. The van der Waals surface area contributed by atoms with Gasteiger partial charge in [-0.2, -0.15) is 4.31 Å². The van der Waals surface area contributed by atoms with Gasteiger partial charge in [-0.25, -0.2) is 13.2 Å². The van der Waals surface area contributed by atoms with Gasteiger partial charge in [0.15, 0.2) is 0 Å². The van der Waals surface area contributed by atoms with Crippen molar-refractivity contribution < 1.29 is 17.9 Å². The topological polar surface area (TPSA) is 79.0 Å². The van der Waals surface area contributed by atoms with Crippen LogP contribution in [0.3, 0.4) is 0 Å². The minimum absolute atomic E-state index is 0.0570. The molecule has 24 heavy (non-hydrogen) atoms. The number of amides is 2. The molecule has 1 aliphatic heterocycles. The molecule has 1 aromatic rings. The van der Waals surface area contributed by atoms with Gasteiger partial charge in [0.25, 0.3) is 0 Å². The predicted molar refractivity (Wildman–Crippen MR) is 91.7 cm³/mol. The van der Waals surface area contributed by atoms with Gasteiger partial charge >= 0.3 is 6.03 Å². The van der Waals surface area contributed by atoms with Crippen molar-refractivity contribution in [2.75, 3.05) is 33.3 Å². The average molecular weight is 355 g/mol. The third-order valence-electron chi connectivity index (χ3n) is 3.94. The van der Waals surface area contributed by atoms with Gasteiger partial charge in [0.05, 0.1) is 12.0 Å². The Morgan fingerprint density at radius 2 is 1.83 bits per heavy atom. The summed E-state index contributed by atoms with van der Waals surface area (Å²) in [4.78, 5) is 13.9. The highest BCUT2D eigenvalue weighted by atomic mass is 32.2. The molecule has 0 unspecified atom stereocenters. The zero-order valence-electron chi connectivity index (χ0n) is 14.6. The first-order chi connectivity index (χ1) is 11.3. The van der Waals surface area contributed by atoms with Crippen molar-refractivity contribution in [1.82, 2.24) is 14.5 Å². The quantitative estimate of drug-likeness (QED) is 0.886. The molecule has 0 radical (unpaired) electrons. The van der Waals surface area contributed by atoms with Gasteiger partial charge in [0.2, 0.25) is 10.0 Å². The van der Waals surface area contributed by atoms with Crippen LogP contribution in [0.25, 0.3) is 0 Å². The molecule has 8 heteroatoms. The summed E-state index contributed by atoms with van der Waals surface area (Å²) in [6.45, 7) is 6.94. The number of rotatable bonds is 4. The Morgan fingerprint density at radius 1 is 1.21 bits per heavy atom. The lowest BCUT2D eigenvalue weighted by molar-refractivity contribution is 0.170. The molecule has 1 N–H and O–H groups in total. The number of piperazine rings is 1. The summed E-state index contributed by atoms with van der Waals surface area (Å²) >= 11 is 0. The Balaban J connectivity index is 2.07. The highest BCUT2D eigenvalue weighted by Gasteiger charge is 2.30. The molecule has 134 valence electrons. The lowest BCUT2D eigenvalue weighted by atomic mass is 10.2. The van der Waals surface area contributed by atoms with Gasteiger partial charge in [-0.15, -0.1) is 0 Å². The summed E-state index contributed by atoms with van der Waals surface area (Å²) in [5.74, 6) is 0.657. The number of ether oxygens (including phenoxy) is 1. The van der Waals surface area contributed by atoms with E-state index < -0.39 is 10.0 Å². The van der Waals surface area contributed by atoms with Crippen LogP contribution in [-0.2, 0) is 10.0 Å². The lowest BCUT2D eigenvalue weighted by Gasteiger charge is -2.34. The maximum atomic E-state index is 12.8. The summed E-state index contributed by atoms with van der Waals surface area (Å²) < 4.78 is 32.1. The van der Waals surface area contributed by atoms with Crippen molar-refractivity contribution in [1.29, 1.82) is 0 Å². The molecule has 0 aliphatic carbocycles. The molecule has 2 amide bonds. The fourth-order valence-electron chi connectivity index (χ4n) is 2.63. The van der Waals surface area contributed by atoms with E-state index in [9.17, 15) is 13.2 Å². The van der Waals surface area contributed by atoms with E-state index in [0.29, 0.717) is 31.9 Å². The largest absolute Gasteiger partial charge is 0.496 e. The van der Waals surface area contributed by atoms with E-state index in [0.717, 1.165) is 5.56 Å². The standard InChI is InChI=1S/C16H25N3O4S/c1-12(2)17-16(20)18-7-9-19(10-8-18)24(21,22)14-5-6-15(23-4)13(3)11-14/h5-6,11-12H,7-10H2,1-4H3,(H,17,20). The molecule has 1 saturated heterocycles. The van der Waals surface area contributed by atoms with Gasteiger partial charge < -0.3 is 15.0 Å². The van der Waals surface area contributed by atoms with Crippen LogP contribution in [0, 0.1) is 6.92 Å². The first-order valence-electron chi connectivity index (χ1n) is 7.96. The van der Waals surface area contributed by atoms with Crippen LogP contribution in [0.5, 0.6) is 5.75 Å². The van der Waals surface area contributed by atoms with Gasteiger partial charge in [-0.05, 0) is 44.5 Å². The highest BCUT2D eigenvalue weighted by Crippen LogP contribution is 2.24. The van der Waals surface area contributed by atoms with Crippen molar-refractivity contribution in [3.63, 3.8) is 0 Å². The minimum Gasteiger partial charge on any atom is -0.496 e. The zero-order valence-corrected chi connectivity index (χ0v) is 15.4. The van der Waals surface area contributed by atoms with Gasteiger partial charge in [0, 0.05) is 32.2 Å². The van der Waals surface area contributed by atoms with Crippen LogP contribution >= 0.6 is 0 Å². The highest BCUT2D eigenvalue weighted by molar-refractivity contribution is 7.89. The van der Waals surface area contributed by atoms with E-state index in [1.807, 2.05) is 20.8 Å². The summed E-state index contributed by atoms with van der Waals surface area (Å²) in [7, 11) is -2.01. The van der Waals surface area contributed by atoms with Crippen molar-refractivity contribution in [3.05, 3.63) is 23.8 Å². The van der Waals surface area contributed by atoms with E-state index in [-0.39, 0.29) is 17.0 Å². The second-order valence-corrected chi connectivity index (χ2v) is 8.06. The van der Waals surface area contributed by atoms with E-state index in [4.69, 9.17) is 4.74 Å². The monoisotopic (exact) mass is 355 g/mol. The number of nitrogens with zero attached hydrogens (tertiary/aromatic N) is 2. The molecule has 1 aromatic carbocycles. The third kappa shape index (κ3) is 3.99. The Labute approximate surface area is 143 Å². The summed E-state index contributed by atoms with van der Waals surface area (Å²) in [6.07, 6.45) is 0. The minimum atomic E-state index is -3.56. The van der Waals surface area contributed by atoms with Crippen LogP contribution in [0.2, 0.25) is 0 Å². The Morgan fingerprint density at radius 3 is 2.33 bits per heavy atom. The second-order valence-electron chi connectivity index (χ2n) is 6.13. The van der Waals surface area contributed by atoms with E-state index in [1.54, 1.807) is 30.2 Å². The Kier molecular flexibility index (Phi) is 5.71. The van der Waals surface area contributed by atoms with Crippen LogP contribution < -0.4 is 10.1 Å². The Hall–Kier alpha value is -1.80. The number of urea groups is 1. The zero-order chi connectivity index (χ0) is 17.9. The number of hydrogen-bond donors (Lipinski definition) is 1. The molecular weight excluding hydrogens is 330 g/mol. The molecule has 0 bridgehead atoms. The van der Waals surface area contributed by atoms with Crippen LogP contribution in [-0.4, -0.2) is 63.0 Å². The third-order valence-corrected chi connectivity index (χ3v) is 5.84. The molecule has 1 fully saturated rings. The first-order valence-corrected chi connectivity index (χ1v) is 9.40. The molecule has 0 aromatic heterocycles. The molecule has 7 nitrogen and oxygen atoms in total. The van der Waals surface area contributed by atoms with Crippen LogP contribution in [0.1, 0.15) is 19.4 Å². The van der Waals surface area contributed by atoms with Crippen LogP contribution in [0.15, 0.2) is 23.1 Å². The van der Waals surface area contributed by atoms with E-state index in [2.05, 4.69) is 5.32 Å². The van der Waals surface area contributed by atoms with Crippen molar-refractivity contribution in [3.8, 4) is 5.75 Å². The van der Waals surface area contributed by atoms with E-state index >= 15 is 0 Å². The van der Waals surface area contributed by atoms with Crippen molar-refractivity contribution in [2.45, 2.75) is 31.7 Å². The lowest BCUT2D eigenvalue weighted by Crippen LogP contribution is -2.53. The molecule has 0 atom stereocenters. The predicted octanol–water partition coefficient (Wildman–Crippen LogP) is 1.43. The normalized spacial score (nSPS) is 16.3. The summed E-state index contributed by atoms with van der Waals surface area (Å²) in [5, 5.41) is 2.82. The molecule has 0 spiro atoms. The number of nitrogens with one attached hydrogen (secondary N) is 1. The first kappa shape index (κ1) is 18.5.